The third-order valence-electron chi connectivity index (χ3n) is 0.716. The Balaban J connectivity index is 2.68. The molecule has 2 heteroatoms. The zero-order valence-electron chi connectivity index (χ0n) is 5.07. The summed E-state index contributed by atoms with van der Waals surface area (Å²) in [5.74, 6) is 0. The Bertz CT molecular complexity index is 35.1. The Labute approximate surface area is 45.1 Å². The van der Waals surface area contributed by atoms with Gasteiger partial charge in [-0.05, 0) is 19.9 Å². The predicted octanol–water partition coefficient (Wildman–Crippen LogP) is 0.291. The molecule has 0 fully saturated rings. The molecule has 0 aliphatic carbocycles. The summed E-state index contributed by atoms with van der Waals surface area (Å²) < 4.78 is 0. The topological polar surface area (TPSA) is 38.0 Å². The van der Waals surface area contributed by atoms with Gasteiger partial charge in [0.1, 0.15) is 0 Å². The largest absolute Gasteiger partial charge is 0.316 e. The molecule has 0 aromatic rings. The van der Waals surface area contributed by atoms with Crippen molar-refractivity contribution in [2.45, 2.75) is 26.4 Å². The first-order chi connectivity index (χ1) is 3.27. The summed E-state index contributed by atoms with van der Waals surface area (Å²) in [6, 6.07) is 0. The van der Waals surface area contributed by atoms with Crippen LogP contribution in [-0.4, -0.2) is 12.7 Å². The first-order valence-corrected chi connectivity index (χ1v) is 2.76. The fourth-order valence-corrected chi connectivity index (χ4v) is 0.372. The van der Waals surface area contributed by atoms with E-state index in [-0.39, 0.29) is 6.17 Å². The number of nitrogens with two attached hydrogens (primary N) is 1. The molecular weight excluding hydrogens is 88.1 g/mol. The standard InChI is InChI=1S/C5H14N2/c1-3-4-7-5(2)6/h5,7H,3-4,6H2,1-2H3/t5-/m0/s1. The highest BCUT2D eigenvalue weighted by atomic mass is 15.0. The van der Waals surface area contributed by atoms with E-state index in [0.717, 1.165) is 13.0 Å². The van der Waals surface area contributed by atoms with E-state index in [2.05, 4.69) is 12.2 Å². The van der Waals surface area contributed by atoms with Gasteiger partial charge >= 0.3 is 0 Å². The third kappa shape index (κ3) is 5.92. The Kier molecular flexibility index (Phi) is 4.04. The van der Waals surface area contributed by atoms with Gasteiger partial charge in [0.2, 0.25) is 0 Å². The van der Waals surface area contributed by atoms with Gasteiger partial charge in [-0.1, -0.05) is 6.92 Å². The van der Waals surface area contributed by atoms with Gasteiger partial charge in [-0.2, -0.15) is 0 Å². The zero-order valence-corrected chi connectivity index (χ0v) is 5.07. The Morgan fingerprint density at radius 2 is 2.29 bits per heavy atom. The molecule has 0 radical (unpaired) electrons. The van der Waals surface area contributed by atoms with Crippen LogP contribution in [0.1, 0.15) is 20.3 Å². The second-order valence-corrected chi connectivity index (χ2v) is 1.74. The van der Waals surface area contributed by atoms with Crippen molar-refractivity contribution in [2.24, 2.45) is 5.73 Å². The minimum Gasteiger partial charge on any atom is -0.316 e. The van der Waals surface area contributed by atoms with Crippen LogP contribution >= 0.6 is 0 Å². The van der Waals surface area contributed by atoms with Gasteiger partial charge < -0.3 is 11.1 Å². The molecular formula is C5H14N2. The zero-order chi connectivity index (χ0) is 5.70. The molecule has 0 aromatic carbocycles. The summed E-state index contributed by atoms with van der Waals surface area (Å²) in [5.41, 5.74) is 5.37. The van der Waals surface area contributed by atoms with Gasteiger partial charge in [-0.15, -0.1) is 0 Å². The van der Waals surface area contributed by atoms with Crippen molar-refractivity contribution in [2.75, 3.05) is 6.54 Å². The van der Waals surface area contributed by atoms with E-state index in [1.165, 1.54) is 0 Å². The Hall–Kier alpha value is -0.0800. The lowest BCUT2D eigenvalue weighted by Gasteiger charge is -2.03. The van der Waals surface area contributed by atoms with Crippen LogP contribution < -0.4 is 11.1 Å². The predicted molar refractivity (Wildman–Crippen MR) is 31.9 cm³/mol. The van der Waals surface area contributed by atoms with Crippen LogP contribution in [0.15, 0.2) is 0 Å². The lowest BCUT2D eigenvalue weighted by molar-refractivity contribution is 0.563. The molecule has 0 aromatic heterocycles. The number of hydrogen-bond donors (Lipinski definition) is 2. The summed E-state index contributed by atoms with van der Waals surface area (Å²) in [7, 11) is 0. The van der Waals surface area contributed by atoms with Crippen molar-refractivity contribution < 1.29 is 0 Å². The molecule has 0 rings (SSSR count). The average Bonchev–Trinajstić information content (AvgIpc) is 1.61. The van der Waals surface area contributed by atoms with E-state index in [1.54, 1.807) is 0 Å². The second-order valence-electron chi connectivity index (χ2n) is 1.74. The van der Waals surface area contributed by atoms with Gasteiger partial charge in [0.25, 0.3) is 0 Å². The molecule has 1 atom stereocenters. The fourth-order valence-electron chi connectivity index (χ4n) is 0.372. The maximum atomic E-state index is 5.37. The lowest BCUT2D eigenvalue weighted by Crippen LogP contribution is -2.34. The molecule has 0 bridgehead atoms. The lowest BCUT2D eigenvalue weighted by atomic mass is 10.4. The number of hydrogen-bond acceptors (Lipinski definition) is 2. The van der Waals surface area contributed by atoms with E-state index in [0.29, 0.717) is 0 Å². The minimum atomic E-state index is 0.153. The molecule has 2 nitrogen and oxygen atoms in total. The summed E-state index contributed by atoms with van der Waals surface area (Å²) in [5, 5.41) is 3.07. The summed E-state index contributed by atoms with van der Waals surface area (Å²) in [6.45, 7) is 5.09. The molecule has 44 valence electrons. The van der Waals surface area contributed by atoms with Crippen molar-refractivity contribution in [3.05, 3.63) is 0 Å². The van der Waals surface area contributed by atoms with Gasteiger partial charge in [0.05, 0.1) is 6.17 Å². The smallest absolute Gasteiger partial charge is 0.0517 e. The molecule has 0 saturated carbocycles. The molecule has 3 N–H and O–H groups in total. The average molecular weight is 102 g/mol. The summed E-state index contributed by atoms with van der Waals surface area (Å²) in [4.78, 5) is 0. The molecule has 0 spiro atoms. The Morgan fingerprint density at radius 3 is 2.43 bits per heavy atom. The van der Waals surface area contributed by atoms with Gasteiger partial charge in [-0.3, -0.25) is 0 Å². The molecule has 0 aliphatic rings. The minimum absolute atomic E-state index is 0.153. The fraction of sp³-hybridized carbons (Fsp3) is 1.00. The van der Waals surface area contributed by atoms with Gasteiger partial charge in [-0.25, -0.2) is 0 Å². The maximum absolute atomic E-state index is 5.37. The molecule has 0 saturated heterocycles. The van der Waals surface area contributed by atoms with Crippen LogP contribution in [-0.2, 0) is 0 Å². The SMILES string of the molecule is CCCN[C@@H](C)N. The Morgan fingerprint density at radius 1 is 1.71 bits per heavy atom. The van der Waals surface area contributed by atoms with Crippen LogP contribution in [0.2, 0.25) is 0 Å². The van der Waals surface area contributed by atoms with Crippen LogP contribution in [0.4, 0.5) is 0 Å². The van der Waals surface area contributed by atoms with Crippen LogP contribution in [0, 0.1) is 0 Å². The van der Waals surface area contributed by atoms with Crippen molar-refractivity contribution in [1.29, 1.82) is 0 Å². The summed E-state index contributed by atoms with van der Waals surface area (Å²) in [6.07, 6.45) is 1.31. The third-order valence-corrected chi connectivity index (χ3v) is 0.716. The van der Waals surface area contributed by atoms with Gasteiger partial charge in [0, 0.05) is 0 Å². The first kappa shape index (κ1) is 6.92. The highest BCUT2D eigenvalue weighted by Gasteiger charge is 1.85. The molecule has 7 heavy (non-hydrogen) atoms. The number of nitrogens with one attached hydrogen (secondary N) is 1. The first-order valence-electron chi connectivity index (χ1n) is 2.76. The van der Waals surface area contributed by atoms with Crippen molar-refractivity contribution in [1.82, 2.24) is 5.32 Å². The second kappa shape index (κ2) is 4.09. The van der Waals surface area contributed by atoms with E-state index in [9.17, 15) is 0 Å². The number of rotatable bonds is 3. The van der Waals surface area contributed by atoms with E-state index in [1.807, 2.05) is 6.92 Å². The maximum Gasteiger partial charge on any atom is 0.0517 e. The van der Waals surface area contributed by atoms with Crippen molar-refractivity contribution in [3.8, 4) is 0 Å². The molecule has 0 unspecified atom stereocenters. The van der Waals surface area contributed by atoms with Crippen LogP contribution in [0.3, 0.4) is 0 Å². The van der Waals surface area contributed by atoms with E-state index in [4.69, 9.17) is 5.73 Å². The van der Waals surface area contributed by atoms with Crippen LogP contribution in [0.5, 0.6) is 0 Å². The summed E-state index contributed by atoms with van der Waals surface area (Å²) >= 11 is 0. The van der Waals surface area contributed by atoms with Crippen LogP contribution in [0.25, 0.3) is 0 Å². The molecule has 0 amide bonds. The monoisotopic (exact) mass is 102 g/mol. The van der Waals surface area contributed by atoms with Crippen molar-refractivity contribution in [3.63, 3.8) is 0 Å². The van der Waals surface area contributed by atoms with Crippen molar-refractivity contribution >= 4 is 0 Å². The van der Waals surface area contributed by atoms with Gasteiger partial charge in [0.15, 0.2) is 0 Å². The highest BCUT2D eigenvalue weighted by Crippen LogP contribution is 1.70. The molecule has 0 heterocycles. The van der Waals surface area contributed by atoms with E-state index >= 15 is 0 Å². The highest BCUT2D eigenvalue weighted by molar-refractivity contribution is 4.46. The normalized spacial score (nSPS) is 14.1. The van der Waals surface area contributed by atoms with E-state index < -0.39 is 0 Å². The molecule has 0 aliphatic heterocycles. The quantitative estimate of drug-likeness (QED) is 0.503.